The number of allylic oxidation sites excluding steroid dienone is 2. The van der Waals surface area contributed by atoms with Crippen molar-refractivity contribution in [3.05, 3.63) is 54.1 Å². The van der Waals surface area contributed by atoms with Crippen molar-refractivity contribution in [1.82, 2.24) is 29.9 Å². The smallest absolute Gasteiger partial charge is 0.411 e. The third-order valence-corrected chi connectivity index (χ3v) is 19.2. The van der Waals surface area contributed by atoms with Crippen LogP contribution >= 0.6 is 0 Å². The van der Waals surface area contributed by atoms with E-state index in [2.05, 4.69) is 25.4 Å². The zero-order chi connectivity index (χ0) is 51.8. The molecule has 0 unspecified atom stereocenters. The number of benzene rings is 1. The highest BCUT2D eigenvalue weighted by atomic mass is 32.2. The maximum Gasteiger partial charge on any atom is 0.411 e. The summed E-state index contributed by atoms with van der Waals surface area (Å²) in [6, 6.07) is 7.25. The van der Waals surface area contributed by atoms with E-state index in [0.29, 0.717) is 50.9 Å². The van der Waals surface area contributed by atoms with Crippen molar-refractivity contribution < 1.29 is 60.2 Å². The molecule has 0 radical (unpaired) electrons. The lowest BCUT2D eigenvalue weighted by Crippen LogP contribution is -2.54. The normalized spacial score (nSPS) is 34.0. The standard InChI is InChI=1S/C29H38N4O7S.C21H31N3O6S/c1-18-8-7-10-20(14-18)30-28(37)40-21-15-23-24(16-21)26(35)33(2)13-6-4-3-5-9-19-17-29(19,31-25(23)34)27(36)32-41(38,39)22-11-12-22;1-24-9-5-3-2-4-6-13-12-21(13,20(28)23-31(29,30)15-7-8-15)22-18(26)16-10-14(25)11-17(16)19(24)27/h5,7-10,14,19,21-24H,3-4,6,11-13,15-17H2,1-2H3,(H,30,37)(H,31,34)(H,32,36);4,6,13-17,25H,2-3,5,7-12H2,1H3,(H,22,26)(H,23,28)/b9-5-;6-4-/t19-,21-,23-,24-,29-;13-,14-,16-,17-,21-/m11/s1. The van der Waals surface area contributed by atoms with Gasteiger partial charge in [0.25, 0.3) is 11.8 Å². The van der Waals surface area contributed by atoms with Crippen LogP contribution in [0.15, 0.2) is 48.6 Å². The minimum Gasteiger partial charge on any atom is -0.446 e. The molecular weight excluding hydrogens is 971 g/mol. The summed E-state index contributed by atoms with van der Waals surface area (Å²) in [5.41, 5.74) is -1.19. The topological polar surface area (TPSA) is 284 Å². The molecule has 0 spiro atoms. The molecule has 9 rings (SSSR count). The Kier molecular flexibility index (Phi) is 15.6. The second kappa shape index (κ2) is 21.2. The lowest BCUT2D eigenvalue weighted by molar-refractivity contribution is -0.141. The van der Waals surface area contributed by atoms with Crippen LogP contribution in [0, 0.1) is 42.4 Å². The van der Waals surface area contributed by atoms with Crippen molar-refractivity contribution in [2.45, 2.75) is 143 Å². The Labute approximate surface area is 421 Å². The summed E-state index contributed by atoms with van der Waals surface area (Å²) in [7, 11) is -4.15. The third-order valence-electron chi connectivity index (χ3n) is 15.5. The molecule has 2 heterocycles. The van der Waals surface area contributed by atoms with Gasteiger partial charge in [-0.15, -0.1) is 0 Å². The summed E-state index contributed by atoms with van der Waals surface area (Å²) in [5.74, 6) is -6.49. The van der Waals surface area contributed by atoms with Gasteiger partial charge in [-0.05, 0) is 127 Å². The molecule has 72 heavy (non-hydrogen) atoms. The van der Waals surface area contributed by atoms with Gasteiger partial charge >= 0.3 is 6.09 Å². The number of carbonyl (C=O) groups excluding carboxylic acids is 7. The third kappa shape index (κ3) is 12.2. The van der Waals surface area contributed by atoms with E-state index >= 15 is 0 Å². The number of hydrogen-bond acceptors (Lipinski definition) is 13. The first-order valence-corrected chi connectivity index (χ1v) is 28.5. The van der Waals surface area contributed by atoms with Gasteiger partial charge in [0.2, 0.25) is 43.7 Å². The number of fused-ring (bicyclic) bond motifs is 4. The van der Waals surface area contributed by atoms with Crippen molar-refractivity contribution in [3.8, 4) is 0 Å². The van der Waals surface area contributed by atoms with E-state index in [1.165, 1.54) is 0 Å². The van der Waals surface area contributed by atoms with Gasteiger partial charge in [0.05, 0.1) is 40.3 Å². The fourth-order valence-corrected chi connectivity index (χ4v) is 13.5. The van der Waals surface area contributed by atoms with Gasteiger partial charge in [-0.25, -0.2) is 21.6 Å². The Balaban J connectivity index is 0.000000200. The van der Waals surface area contributed by atoms with Crippen molar-refractivity contribution in [3.63, 3.8) is 0 Å². The van der Waals surface area contributed by atoms with E-state index in [1.54, 1.807) is 36.0 Å². The number of amides is 7. The molecular formula is C50H69N7O13S2. The predicted octanol–water partition coefficient (Wildman–Crippen LogP) is 2.68. The molecule has 1 aromatic rings. The van der Waals surface area contributed by atoms with Gasteiger partial charge in [-0.3, -0.25) is 43.5 Å². The first-order chi connectivity index (χ1) is 34.1. The number of hydrogen-bond donors (Lipinski definition) is 6. The first-order valence-electron chi connectivity index (χ1n) is 25.4. The van der Waals surface area contributed by atoms with E-state index in [1.807, 2.05) is 43.4 Å². The molecule has 2 aliphatic heterocycles. The second-order valence-electron chi connectivity index (χ2n) is 21.3. The van der Waals surface area contributed by atoms with Crippen molar-refractivity contribution in [2.24, 2.45) is 35.5 Å². The Morgan fingerprint density at radius 2 is 1.14 bits per heavy atom. The molecule has 394 valence electrons. The SMILES string of the molecule is CN1CCCC/C=C\[C@@H]2C[C@@]2(C(=O)NS(=O)(=O)C2CC2)NC(=O)[C@@H]2C[C@@H](O)C[C@H]2C1=O.Cc1cccc(NC(=O)O[C@@H]2C[C@H]3C(=O)N[C@]4(C(=O)NS(=O)(=O)C5CC5)C[C@H]4/C=C\CCCCN(C)C(=O)[C@@H]3C2)c1. The maximum absolute atomic E-state index is 13.7. The molecule has 6 saturated carbocycles. The van der Waals surface area contributed by atoms with Crippen LogP contribution in [-0.4, -0.2) is 134 Å². The van der Waals surface area contributed by atoms with E-state index in [-0.39, 0.29) is 55.8 Å². The highest BCUT2D eigenvalue weighted by molar-refractivity contribution is 7.91. The number of nitrogens with one attached hydrogen (secondary N) is 5. The number of carbonyl (C=O) groups is 7. The van der Waals surface area contributed by atoms with Crippen molar-refractivity contribution in [2.75, 3.05) is 32.5 Å². The fourth-order valence-electron chi connectivity index (χ4n) is 10.7. The Bertz CT molecular complexity index is 2600. The summed E-state index contributed by atoms with van der Waals surface area (Å²) in [6.07, 6.45) is 13.6. The minimum absolute atomic E-state index is 0.107. The van der Waals surface area contributed by atoms with E-state index in [0.717, 1.165) is 44.1 Å². The van der Waals surface area contributed by atoms with Crippen LogP contribution in [-0.2, 0) is 53.6 Å². The van der Waals surface area contributed by atoms with Crippen LogP contribution in [0.25, 0.3) is 0 Å². The molecule has 8 aliphatic rings. The second-order valence-corrected chi connectivity index (χ2v) is 25.2. The number of aryl methyl sites for hydroxylation is 1. The number of nitrogens with zero attached hydrogens (tertiary/aromatic N) is 2. The molecule has 0 aromatic heterocycles. The molecule has 7 amide bonds. The van der Waals surface area contributed by atoms with E-state index < -0.39 is 107 Å². The summed E-state index contributed by atoms with van der Waals surface area (Å²) in [4.78, 5) is 95.6. The largest absolute Gasteiger partial charge is 0.446 e. The number of anilines is 1. The van der Waals surface area contributed by atoms with Gasteiger partial charge in [0, 0.05) is 44.7 Å². The molecule has 0 saturated heterocycles. The number of aliphatic hydroxyl groups excluding tert-OH is 1. The quantitative estimate of drug-likeness (QED) is 0.205. The highest BCUT2D eigenvalue weighted by Gasteiger charge is 2.63. The zero-order valence-electron chi connectivity index (χ0n) is 41.2. The fraction of sp³-hybridized carbons (Fsp3) is 0.660. The molecule has 10 atom stereocenters. The summed E-state index contributed by atoms with van der Waals surface area (Å²) >= 11 is 0. The molecule has 6 N–H and O–H groups in total. The first kappa shape index (κ1) is 53.0. The Morgan fingerprint density at radius 3 is 1.62 bits per heavy atom. The van der Waals surface area contributed by atoms with E-state index in [4.69, 9.17) is 4.74 Å². The average Bonchev–Trinajstić information content (AvgIpc) is 4.14. The highest BCUT2D eigenvalue weighted by Crippen LogP contribution is 2.48. The number of rotatable bonds is 8. The molecule has 20 nitrogen and oxygen atoms in total. The van der Waals surface area contributed by atoms with Crippen LogP contribution in [0.3, 0.4) is 0 Å². The van der Waals surface area contributed by atoms with Crippen LogP contribution < -0.4 is 25.4 Å². The molecule has 6 fully saturated rings. The predicted molar refractivity (Wildman–Crippen MR) is 263 cm³/mol. The van der Waals surface area contributed by atoms with Crippen molar-refractivity contribution in [1.29, 1.82) is 0 Å². The summed E-state index contributed by atoms with van der Waals surface area (Å²) < 4.78 is 59.7. The monoisotopic (exact) mass is 1040 g/mol. The van der Waals surface area contributed by atoms with Crippen LogP contribution in [0.1, 0.15) is 108 Å². The van der Waals surface area contributed by atoms with Crippen LogP contribution in [0.2, 0.25) is 0 Å². The van der Waals surface area contributed by atoms with Gasteiger partial charge in [-0.1, -0.05) is 36.4 Å². The molecule has 22 heteroatoms. The zero-order valence-corrected chi connectivity index (χ0v) is 42.8. The molecule has 0 bridgehead atoms. The lowest BCUT2D eigenvalue weighted by atomic mass is 9.93. The summed E-state index contributed by atoms with van der Waals surface area (Å²) in [5, 5.41) is 17.3. The average molecular weight is 1040 g/mol. The van der Waals surface area contributed by atoms with Gasteiger partial charge in [0.15, 0.2) is 0 Å². The Morgan fingerprint density at radius 1 is 0.681 bits per heavy atom. The molecule has 6 aliphatic carbocycles. The van der Waals surface area contributed by atoms with Crippen LogP contribution in [0.5, 0.6) is 0 Å². The van der Waals surface area contributed by atoms with Crippen molar-refractivity contribution >= 4 is 67.3 Å². The van der Waals surface area contributed by atoms with E-state index in [9.17, 15) is 55.5 Å². The molecule has 1 aromatic carbocycles. The van der Waals surface area contributed by atoms with Crippen LogP contribution in [0.4, 0.5) is 10.5 Å². The van der Waals surface area contributed by atoms with Gasteiger partial charge in [0.1, 0.15) is 17.2 Å². The van der Waals surface area contributed by atoms with Gasteiger partial charge < -0.3 is 30.3 Å². The Hall–Kier alpha value is -5.35. The summed E-state index contributed by atoms with van der Waals surface area (Å²) in [6.45, 7) is 3.02. The minimum atomic E-state index is -3.81. The number of aliphatic hydroxyl groups is 1. The lowest BCUT2D eigenvalue weighted by Gasteiger charge is -2.26. The van der Waals surface area contributed by atoms with Gasteiger partial charge in [-0.2, -0.15) is 0 Å². The maximum atomic E-state index is 13.7. The number of sulfonamides is 2. The number of ether oxygens (including phenoxy) is 1.